The summed E-state index contributed by atoms with van der Waals surface area (Å²) in [6.07, 6.45) is 0.644. The van der Waals surface area contributed by atoms with Gasteiger partial charge < -0.3 is 10.1 Å². The third-order valence-corrected chi connectivity index (χ3v) is 4.03. The van der Waals surface area contributed by atoms with Gasteiger partial charge >= 0.3 is 0 Å². The monoisotopic (exact) mass is 335 g/mol. The first-order valence-corrected chi connectivity index (χ1v) is 7.74. The summed E-state index contributed by atoms with van der Waals surface area (Å²) >= 11 is 6.09. The lowest BCUT2D eigenvalue weighted by Crippen LogP contribution is -2.30. The van der Waals surface area contributed by atoms with E-state index in [1.165, 1.54) is 12.1 Å². The van der Waals surface area contributed by atoms with E-state index in [-0.39, 0.29) is 18.3 Å². The molecular formula is C18H19ClFNO2. The van der Waals surface area contributed by atoms with Crippen LogP contribution in [0.1, 0.15) is 16.7 Å². The largest absolute Gasteiger partial charge is 0.484 e. The van der Waals surface area contributed by atoms with Crippen LogP contribution in [0.15, 0.2) is 36.4 Å². The van der Waals surface area contributed by atoms with Crippen molar-refractivity contribution in [3.63, 3.8) is 0 Å². The molecule has 0 aliphatic heterocycles. The van der Waals surface area contributed by atoms with Crippen LogP contribution in [0.4, 0.5) is 4.39 Å². The van der Waals surface area contributed by atoms with Crippen LogP contribution in [0.2, 0.25) is 5.02 Å². The van der Waals surface area contributed by atoms with Gasteiger partial charge in [-0.2, -0.15) is 0 Å². The van der Waals surface area contributed by atoms with Gasteiger partial charge in [0.1, 0.15) is 11.6 Å². The highest BCUT2D eigenvalue weighted by molar-refractivity contribution is 6.32. The molecular weight excluding hydrogens is 317 g/mol. The number of hydrogen-bond donors (Lipinski definition) is 1. The Labute approximate surface area is 140 Å². The van der Waals surface area contributed by atoms with Crippen LogP contribution in [0.25, 0.3) is 0 Å². The van der Waals surface area contributed by atoms with Gasteiger partial charge in [0.05, 0.1) is 0 Å². The minimum atomic E-state index is -0.264. The average Bonchev–Trinajstić information content (AvgIpc) is 2.52. The molecule has 0 radical (unpaired) electrons. The number of ether oxygens (including phenoxy) is 1. The summed E-state index contributed by atoms with van der Waals surface area (Å²) in [6, 6.07) is 9.84. The highest BCUT2D eigenvalue weighted by atomic mass is 35.5. The second-order valence-electron chi connectivity index (χ2n) is 5.39. The quantitative estimate of drug-likeness (QED) is 0.871. The fourth-order valence-electron chi connectivity index (χ4n) is 2.19. The number of carbonyl (C=O) groups excluding carboxylic acids is 1. The summed E-state index contributed by atoms with van der Waals surface area (Å²) < 4.78 is 18.3. The molecule has 5 heteroatoms. The topological polar surface area (TPSA) is 38.3 Å². The van der Waals surface area contributed by atoms with Crippen LogP contribution < -0.4 is 10.1 Å². The Hall–Kier alpha value is -2.07. The minimum Gasteiger partial charge on any atom is -0.484 e. The molecule has 0 aliphatic carbocycles. The molecule has 0 aromatic heterocycles. The van der Waals surface area contributed by atoms with Gasteiger partial charge in [-0.15, -0.1) is 0 Å². The van der Waals surface area contributed by atoms with Gasteiger partial charge in [0.2, 0.25) is 0 Å². The van der Waals surface area contributed by atoms with Crippen molar-refractivity contribution < 1.29 is 13.9 Å². The molecule has 23 heavy (non-hydrogen) atoms. The zero-order chi connectivity index (χ0) is 16.8. The van der Waals surface area contributed by atoms with Gasteiger partial charge in [-0.05, 0) is 61.2 Å². The first kappa shape index (κ1) is 17.3. The molecule has 0 unspecified atom stereocenters. The number of aryl methyl sites for hydroxylation is 2. The lowest BCUT2D eigenvalue weighted by Gasteiger charge is -2.10. The average molecular weight is 336 g/mol. The number of halogens is 2. The molecule has 0 saturated heterocycles. The van der Waals surface area contributed by atoms with Crippen molar-refractivity contribution in [1.82, 2.24) is 5.32 Å². The Morgan fingerprint density at radius 3 is 2.39 bits per heavy atom. The standard InChI is InChI=1S/C18H19ClFNO2/c1-12-9-16(10-13(2)18(12)19)23-11-17(22)21-8-7-14-3-5-15(20)6-4-14/h3-6,9-10H,7-8,11H2,1-2H3,(H,21,22). The lowest BCUT2D eigenvalue weighted by atomic mass is 10.1. The maximum absolute atomic E-state index is 12.8. The number of nitrogens with one attached hydrogen (secondary N) is 1. The minimum absolute atomic E-state index is 0.0517. The van der Waals surface area contributed by atoms with Crippen LogP contribution in [0.5, 0.6) is 5.75 Å². The number of carbonyl (C=O) groups is 1. The summed E-state index contributed by atoms with van der Waals surface area (Å²) in [5, 5.41) is 3.48. The van der Waals surface area contributed by atoms with Crippen molar-refractivity contribution >= 4 is 17.5 Å². The van der Waals surface area contributed by atoms with Gasteiger partial charge in [0.25, 0.3) is 5.91 Å². The van der Waals surface area contributed by atoms with E-state index in [1.54, 1.807) is 24.3 Å². The van der Waals surface area contributed by atoms with Gasteiger partial charge in [-0.1, -0.05) is 23.7 Å². The highest BCUT2D eigenvalue weighted by Crippen LogP contribution is 2.25. The van der Waals surface area contributed by atoms with Crippen LogP contribution in [0.3, 0.4) is 0 Å². The molecule has 3 nitrogen and oxygen atoms in total. The number of hydrogen-bond acceptors (Lipinski definition) is 2. The fraction of sp³-hybridized carbons (Fsp3) is 0.278. The van der Waals surface area contributed by atoms with E-state index in [0.29, 0.717) is 23.7 Å². The summed E-state index contributed by atoms with van der Waals surface area (Å²) in [7, 11) is 0. The Morgan fingerprint density at radius 1 is 1.17 bits per heavy atom. The van der Waals surface area contributed by atoms with Crippen LogP contribution in [0, 0.1) is 19.7 Å². The van der Waals surface area contributed by atoms with E-state index >= 15 is 0 Å². The van der Waals surface area contributed by atoms with Gasteiger partial charge in [0, 0.05) is 11.6 Å². The molecule has 1 amide bonds. The molecule has 0 saturated carbocycles. The van der Waals surface area contributed by atoms with E-state index in [0.717, 1.165) is 16.7 Å². The second kappa shape index (κ2) is 7.97. The maximum atomic E-state index is 12.8. The van der Waals surface area contributed by atoms with E-state index in [9.17, 15) is 9.18 Å². The number of rotatable bonds is 6. The molecule has 2 rings (SSSR count). The Morgan fingerprint density at radius 2 is 1.78 bits per heavy atom. The Bertz CT molecular complexity index is 663. The van der Waals surface area contributed by atoms with Gasteiger partial charge in [0.15, 0.2) is 6.61 Å². The van der Waals surface area contributed by atoms with Crippen molar-refractivity contribution in [2.45, 2.75) is 20.3 Å². The lowest BCUT2D eigenvalue weighted by molar-refractivity contribution is -0.123. The predicted molar refractivity (Wildman–Crippen MR) is 89.5 cm³/mol. The third kappa shape index (κ3) is 5.25. The fourth-order valence-corrected chi connectivity index (χ4v) is 2.30. The summed E-state index contributed by atoms with van der Waals surface area (Å²) in [5.74, 6) is 0.162. The number of benzene rings is 2. The van der Waals surface area contributed by atoms with E-state index in [2.05, 4.69) is 5.32 Å². The van der Waals surface area contributed by atoms with Gasteiger partial charge in [-0.25, -0.2) is 4.39 Å². The zero-order valence-electron chi connectivity index (χ0n) is 13.2. The molecule has 0 bridgehead atoms. The Kier molecular flexibility index (Phi) is 5.99. The van der Waals surface area contributed by atoms with Crippen molar-refractivity contribution in [1.29, 1.82) is 0 Å². The zero-order valence-corrected chi connectivity index (χ0v) is 13.9. The van der Waals surface area contributed by atoms with Crippen molar-refractivity contribution in [2.24, 2.45) is 0 Å². The molecule has 0 spiro atoms. The van der Waals surface area contributed by atoms with Crippen molar-refractivity contribution in [2.75, 3.05) is 13.2 Å². The molecule has 0 atom stereocenters. The van der Waals surface area contributed by atoms with Crippen LogP contribution in [-0.2, 0) is 11.2 Å². The van der Waals surface area contributed by atoms with E-state index in [4.69, 9.17) is 16.3 Å². The molecule has 0 heterocycles. The summed E-state index contributed by atoms with van der Waals surface area (Å²) in [4.78, 5) is 11.8. The first-order chi connectivity index (χ1) is 11.0. The summed E-state index contributed by atoms with van der Waals surface area (Å²) in [5.41, 5.74) is 2.80. The normalized spacial score (nSPS) is 10.4. The molecule has 1 N–H and O–H groups in total. The van der Waals surface area contributed by atoms with E-state index in [1.807, 2.05) is 13.8 Å². The second-order valence-corrected chi connectivity index (χ2v) is 5.76. The summed E-state index contributed by atoms with van der Waals surface area (Å²) in [6.45, 7) is 4.21. The molecule has 0 aliphatic rings. The SMILES string of the molecule is Cc1cc(OCC(=O)NCCc2ccc(F)cc2)cc(C)c1Cl. The van der Waals surface area contributed by atoms with Crippen molar-refractivity contribution in [3.8, 4) is 5.75 Å². The molecule has 2 aromatic rings. The highest BCUT2D eigenvalue weighted by Gasteiger charge is 2.06. The van der Waals surface area contributed by atoms with E-state index < -0.39 is 0 Å². The smallest absolute Gasteiger partial charge is 0.257 e. The third-order valence-electron chi connectivity index (χ3n) is 3.43. The molecule has 2 aromatic carbocycles. The first-order valence-electron chi connectivity index (χ1n) is 7.36. The predicted octanol–water partition coefficient (Wildman–Crippen LogP) is 3.83. The maximum Gasteiger partial charge on any atom is 0.257 e. The Balaban J connectivity index is 1.76. The van der Waals surface area contributed by atoms with Crippen LogP contribution in [-0.4, -0.2) is 19.1 Å². The van der Waals surface area contributed by atoms with Crippen LogP contribution >= 0.6 is 11.6 Å². The number of amides is 1. The molecule has 122 valence electrons. The van der Waals surface area contributed by atoms with Crippen molar-refractivity contribution in [3.05, 3.63) is 63.9 Å². The molecule has 0 fully saturated rings. The van der Waals surface area contributed by atoms with Gasteiger partial charge in [-0.3, -0.25) is 4.79 Å².